The lowest BCUT2D eigenvalue weighted by molar-refractivity contribution is -0.132. The van der Waals surface area contributed by atoms with Crippen LogP contribution in [0, 0.1) is 0 Å². The molecule has 0 atom stereocenters. The van der Waals surface area contributed by atoms with Crippen LogP contribution in [0.25, 0.3) is 11.0 Å². The van der Waals surface area contributed by atoms with Crippen molar-refractivity contribution in [3.05, 3.63) is 18.5 Å². The number of pyridine rings is 1. The summed E-state index contributed by atoms with van der Waals surface area (Å²) in [5.41, 5.74) is 1.48. The molecule has 0 bridgehead atoms. The molecule has 0 aliphatic heterocycles. The van der Waals surface area contributed by atoms with Crippen molar-refractivity contribution >= 4 is 17.0 Å². The summed E-state index contributed by atoms with van der Waals surface area (Å²) < 4.78 is 4.77. The second-order valence-electron chi connectivity index (χ2n) is 2.53. The van der Waals surface area contributed by atoms with E-state index in [9.17, 15) is 4.79 Å². The van der Waals surface area contributed by atoms with Gasteiger partial charge in [0.2, 0.25) is 0 Å². The molecule has 2 aromatic rings. The summed E-state index contributed by atoms with van der Waals surface area (Å²) in [5.74, 6) is -0.396. The summed E-state index contributed by atoms with van der Waals surface area (Å²) in [4.78, 5) is 21.3. The van der Waals surface area contributed by atoms with Gasteiger partial charge in [0.15, 0.2) is 0 Å². The number of carbonyl (C=O) groups is 1. The van der Waals surface area contributed by atoms with E-state index in [1.54, 1.807) is 18.5 Å². The smallest absolute Gasteiger partial charge is 0.310 e. The standard InChI is InChI=1S/C8H7N3O2/c1-5(12)13-8-10-6-2-3-9-4-7(6)11-8/h2-4H,1H3,(H,10,11). The number of aromatic amines is 1. The Bertz CT molecular complexity index is 416. The molecule has 0 fully saturated rings. The second kappa shape index (κ2) is 2.85. The van der Waals surface area contributed by atoms with Gasteiger partial charge >= 0.3 is 12.0 Å². The van der Waals surface area contributed by atoms with Gasteiger partial charge in [-0.1, -0.05) is 0 Å². The van der Waals surface area contributed by atoms with Gasteiger partial charge in [-0.25, -0.2) is 0 Å². The molecule has 0 aliphatic carbocycles. The number of ether oxygens (including phenoxy) is 1. The van der Waals surface area contributed by atoms with Crippen LogP contribution in [0.5, 0.6) is 6.01 Å². The molecule has 13 heavy (non-hydrogen) atoms. The summed E-state index contributed by atoms with van der Waals surface area (Å²) >= 11 is 0. The van der Waals surface area contributed by atoms with Crippen molar-refractivity contribution in [3.63, 3.8) is 0 Å². The maximum Gasteiger partial charge on any atom is 0.310 e. The van der Waals surface area contributed by atoms with Crippen molar-refractivity contribution in [2.45, 2.75) is 6.92 Å². The number of nitrogens with one attached hydrogen (secondary N) is 1. The van der Waals surface area contributed by atoms with Crippen molar-refractivity contribution < 1.29 is 9.53 Å². The van der Waals surface area contributed by atoms with E-state index >= 15 is 0 Å². The van der Waals surface area contributed by atoms with E-state index in [1.807, 2.05) is 0 Å². The Labute approximate surface area is 73.8 Å². The van der Waals surface area contributed by atoms with E-state index in [4.69, 9.17) is 4.74 Å². The van der Waals surface area contributed by atoms with Crippen LogP contribution in [0.1, 0.15) is 6.92 Å². The molecule has 2 aromatic heterocycles. The first-order chi connectivity index (χ1) is 6.25. The monoisotopic (exact) mass is 177 g/mol. The molecular formula is C8H7N3O2. The molecule has 2 heterocycles. The number of carbonyl (C=O) groups excluding carboxylic acids is 1. The first kappa shape index (κ1) is 7.72. The maximum absolute atomic E-state index is 10.6. The van der Waals surface area contributed by atoms with Crippen LogP contribution in [0.15, 0.2) is 18.5 Å². The molecule has 0 saturated heterocycles. The molecule has 0 unspecified atom stereocenters. The van der Waals surface area contributed by atoms with E-state index in [1.165, 1.54) is 6.92 Å². The minimum atomic E-state index is -0.396. The van der Waals surface area contributed by atoms with Gasteiger partial charge < -0.3 is 9.72 Å². The number of H-pyrrole nitrogens is 1. The van der Waals surface area contributed by atoms with Crippen LogP contribution in [0.4, 0.5) is 0 Å². The lowest BCUT2D eigenvalue weighted by atomic mass is 10.4. The van der Waals surface area contributed by atoms with Gasteiger partial charge in [-0.15, -0.1) is 0 Å². The number of esters is 1. The Balaban J connectivity index is 2.44. The van der Waals surface area contributed by atoms with E-state index in [2.05, 4.69) is 15.0 Å². The van der Waals surface area contributed by atoms with Crippen molar-refractivity contribution in [2.24, 2.45) is 0 Å². The number of hydrogen-bond acceptors (Lipinski definition) is 4. The fourth-order valence-electron chi connectivity index (χ4n) is 1.02. The van der Waals surface area contributed by atoms with Gasteiger partial charge in [0.1, 0.15) is 0 Å². The average Bonchev–Trinajstić information content (AvgIpc) is 2.44. The number of nitrogens with zero attached hydrogens (tertiary/aromatic N) is 2. The lowest BCUT2D eigenvalue weighted by Crippen LogP contribution is -2.02. The average molecular weight is 177 g/mol. The van der Waals surface area contributed by atoms with Gasteiger partial charge in [-0.3, -0.25) is 9.78 Å². The van der Waals surface area contributed by atoms with Crippen molar-refractivity contribution in [1.82, 2.24) is 15.0 Å². The first-order valence-corrected chi connectivity index (χ1v) is 3.74. The highest BCUT2D eigenvalue weighted by Gasteiger charge is 2.04. The van der Waals surface area contributed by atoms with Gasteiger partial charge in [-0.05, 0) is 6.07 Å². The highest BCUT2D eigenvalue weighted by molar-refractivity contribution is 5.75. The minimum Gasteiger partial charge on any atom is -0.392 e. The topological polar surface area (TPSA) is 67.9 Å². The van der Waals surface area contributed by atoms with Crippen LogP contribution >= 0.6 is 0 Å². The number of imidazole rings is 1. The molecule has 0 radical (unpaired) electrons. The number of hydrogen-bond donors (Lipinski definition) is 1. The third kappa shape index (κ3) is 1.48. The molecule has 0 aliphatic rings. The predicted octanol–water partition coefficient (Wildman–Crippen LogP) is 0.883. The minimum absolute atomic E-state index is 0.204. The zero-order valence-electron chi connectivity index (χ0n) is 6.94. The Kier molecular flexibility index (Phi) is 1.70. The molecule has 2 rings (SSSR count). The van der Waals surface area contributed by atoms with Gasteiger partial charge in [0, 0.05) is 13.1 Å². The lowest BCUT2D eigenvalue weighted by Gasteiger charge is -1.91. The predicted molar refractivity (Wildman–Crippen MR) is 45.2 cm³/mol. The van der Waals surface area contributed by atoms with Crippen LogP contribution in [0.3, 0.4) is 0 Å². The highest BCUT2D eigenvalue weighted by atomic mass is 16.5. The van der Waals surface area contributed by atoms with Crippen molar-refractivity contribution in [3.8, 4) is 6.01 Å². The van der Waals surface area contributed by atoms with Crippen molar-refractivity contribution in [2.75, 3.05) is 0 Å². The number of aromatic nitrogens is 3. The fourth-order valence-corrected chi connectivity index (χ4v) is 1.02. The molecular weight excluding hydrogens is 170 g/mol. The normalized spacial score (nSPS) is 10.2. The Morgan fingerprint density at radius 3 is 3.15 bits per heavy atom. The summed E-state index contributed by atoms with van der Waals surface area (Å²) in [5, 5.41) is 0. The Morgan fingerprint density at radius 1 is 1.62 bits per heavy atom. The second-order valence-corrected chi connectivity index (χ2v) is 2.53. The van der Waals surface area contributed by atoms with Crippen LogP contribution in [-0.4, -0.2) is 20.9 Å². The van der Waals surface area contributed by atoms with E-state index < -0.39 is 5.97 Å². The summed E-state index contributed by atoms with van der Waals surface area (Å²) in [6.45, 7) is 1.32. The zero-order chi connectivity index (χ0) is 9.26. The van der Waals surface area contributed by atoms with Crippen LogP contribution in [0.2, 0.25) is 0 Å². The molecule has 5 heteroatoms. The molecule has 0 aromatic carbocycles. The highest BCUT2D eigenvalue weighted by Crippen LogP contribution is 2.13. The van der Waals surface area contributed by atoms with Crippen LogP contribution < -0.4 is 4.74 Å². The summed E-state index contributed by atoms with van der Waals surface area (Å²) in [6, 6.07) is 1.94. The quantitative estimate of drug-likeness (QED) is 0.656. The van der Waals surface area contributed by atoms with E-state index in [0.29, 0.717) is 0 Å². The zero-order valence-corrected chi connectivity index (χ0v) is 6.94. The molecule has 1 N–H and O–H groups in total. The third-order valence-electron chi connectivity index (χ3n) is 1.50. The van der Waals surface area contributed by atoms with Crippen molar-refractivity contribution in [1.29, 1.82) is 0 Å². The Hall–Kier alpha value is -1.91. The van der Waals surface area contributed by atoms with E-state index in [0.717, 1.165) is 11.0 Å². The van der Waals surface area contributed by atoms with Gasteiger partial charge in [0.05, 0.1) is 17.2 Å². The number of rotatable bonds is 1. The van der Waals surface area contributed by atoms with E-state index in [-0.39, 0.29) is 6.01 Å². The van der Waals surface area contributed by atoms with Gasteiger partial charge in [-0.2, -0.15) is 4.98 Å². The SMILES string of the molecule is CC(=O)Oc1nc2ccncc2[nH]1. The fraction of sp³-hybridized carbons (Fsp3) is 0.125. The molecule has 66 valence electrons. The maximum atomic E-state index is 10.6. The molecule has 0 saturated carbocycles. The number of fused-ring (bicyclic) bond motifs is 1. The van der Waals surface area contributed by atoms with Crippen LogP contribution in [-0.2, 0) is 4.79 Å². The van der Waals surface area contributed by atoms with Gasteiger partial charge in [0.25, 0.3) is 0 Å². The molecule has 0 spiro atoms. The summed E-state index contributed by atoms with van der Waals surface area (Å²) in [6.07, 6.45) is 3.25. The largest absolute Gasteiger partial charge is 0.392 e. The molecule has 0 amide bonds. The third-order valence-corrected chi connectivity index (χ3v) is 1.50. The Morgan fingerprint density at radius 2 is 2.46 bits per heavy atom. The molecule has 5 nitrogen and oxygen atoms in total. The summed E-state index contributed by atoms with van der Waals surface area (Å²) in [7, 11) is 0. The first-order valence-electron chi connectivity index (χ1n) is 3.74.